The molecule has 1 fully saturated rings. The lowest BCUT2D eigenvalue weighted by Crippen LogP contribution is -2.37. The Hall–Kier alpha value is -3.00. The molecule has 1 unspecified atom stereocenters. The summed E-state index contributed by atoms with van der Waals surface area (Å²) in [6.45, 7) is 1.17. The number of carbonyl (C=O) groups excluding carboxylic acids is 2. The number of hydrogen-bond donors (Lipinski definition) is 1. The van der Waals surface area contributed by atoms with E-state index in [0.717, 1.165) is 47.0 Å². The molecule has 0 saturated carbocycles. The van der Waals surface area contributed by atoms with E-state index < -0.39 is 0 Å². The van der Waals surface area contributed by atoms with Crippen molar-refractivity contribution in [3.8, 4) is 0 Å². The molecule has 1 atom stereocenters. The Balaban J connectivity index is 1.37. The van der Waals surface area contributed by atoms with Crippen LogP contribution in [0.15, 0.2) is 41.5 Å². The summed E-state index contributed by atoms with van der Waals surface area (Å²) in [4.78, 5) is 47.0. The highest BCUT2D eigenvalue weighted by molar-refractivity contribution is 7.18. The molecule has 0 bridgehead atoms. The van der Waals surface area contributed by atoms with Crippen LogP contribution in [0.5, 0.6) is 0 Å². The Kier molecular flexibility index (Phi) is 5.78. The first-order chi connectivity index (χ1) is 15.6. The molecule has 2 aliphatic rings. The normalized spacial score (nSPS) is 18.8. The number of carbonyl (C=O) groups is 2. The van der Waals surface area contributed by atoms with E-state index in [1.54, 1.807) is 27.1 Å². The van der Waals surface area contributed by atoms with Crippen LogP contribution in [0.2, 0.25) is 0 Å². The van der Waals surface area contributed by atoms with E-state index in [4.69, 9.17) is 0 Å². The van der Waals surface area contributed by atoms with Crippen LogP contribution in [0, 0.1) is 0 Å². The molecule has 2 amide bonds. The molecule has 0 radical (unpaired) electrons. The van der Waals surface area contributed by atoms with Crippen molar-refractivity contribution in [3.63, 3.8) is 0 Å². The van der Waals surface area contributed by atoms with Gasteiger partial charge in [0.05, 0.1) is 24.2 Å². The summed E-state index contributed by atoms with van der Waals surface area (Å²) in [5.74, 6) is -0.114. The van der Waals surface area contributed by atoms with Gasteiger partial charge in [0.25, 0.3) is 5.56 Å². The molecular weight excluding hydrogens is 424 g/mol. The summed E-state index contributed by atoms with van der Waals surface area (Å²) in [6, 6.07) is 9.36. The van der Waals surface area contributed by atoms with Crippen molar-refractivity contribution in [3.05, 3.63) is 63.0 Å². The molecule has 2 aromatic heterocycles. The van der Waals surface area contributed by atoms with Crippen molar-refractivity contribution in [2.75, 3.05) is 13.1 Å². The van der Waals surface area contributed by atoms with Gasteiger partial charge < -0.3 is 10.2 Å². The topological polar surface area (TPSA) is 84.3 Å². The predicted octanol–water partition coefficient (Wildman–Crippen LogP) is 2.82. The predicted molar refractivity (Wildman–Crippen MR) is 124 cm³/mol. The van der Waals surface area contributed by atoms with Crippen LogP contribution >= 0.6 is 11.3 Å². The highest BCUT2D eigenvalue weighted by Crippen LogP contribution is 2.33. The van der Waals surface area contributed by atoms with Gasteiger partial charge in [0.1, 0.15) is 4.83 Å². The smallest absolute Gasteiger partial charge is 0.262 e. The number of hydrogen-bond acceptors (Lipinski definition) is 5. The Morgan fingerprint density at radius 2 is 1.97 bits per heavy atom. The maximum atomic E-state index is 13.2. The number of amides is 2. The highest BCUT2D eigenvalue weighted by atomic mass is 32.1. The first kappa shape index (κ1) is 20.9. The van der Waals surface area contributed by atoms with E-state index in [1.165, 1.54) is 4.88 Å². The van der Waals surface area contributed by atoms with Crippen molar-refractivity contribution in [1.82, 2.24) is 19.8 Å². The molecule has 1 aliphatic heterocycles. The fourth-order valence-electron chi connectivity index (χ4n) is 4.80. The van der Waals surface area contributed by atoms with Gasteiger partial charge in [0, 0.05) is 30.9 Å². The summed E-state index contributed by atoms with van der Waals surface area (Å²) in [6.07, 6.45) is 6.23. The minimum absolute atomic E-state index is 0.0467. The molecule has 1 N–H and O–H groups in total. The zero-order chi connectivity index (χ0) is 22.1. The lowest BCUT2D eigenvalue weighted by Gasteiger charge is -2.29. The largest absolute Gasteiger partial charge is 0.354 e. The summed E-state index contributed by atoms with van der Waals surface area (Å²) in [5, 5.41) is 3.60. The third-order valence-electron chi connectivity index (χ3n) is 6.44. The number of nitrogens with zero attached hydrogens (tertiary/aromatic N) is 3. The second kappa shape index (κ2) is 8.86. The van der Waals surface area contributed by atoms with Crippen LogP contribution in [-0.4, -0.2) is 39.4 Å². The number of benzene rings is 1. The van der Waals surface area contributed by atoms with Crippen molar-refractivity contribution in [2.45, 2.75) is 51.1 Å². The van der Waals surface area contributed by atoms with Crippen molar-refractivity contribution in [2.24, 2.45) is 0 Å². The Morgan fingerprint density at radius 1 is 1.16 bits per heavy atom. The van der Waals surface area contributed by atoms with Crippen molar-refractivity contribution >= 4 is 33.4 Å². The van der Waals surface area contributed by atoms with Gasteiger partial charge in [-0.05, 0) is 36.8 Å². The Labute approximate surface area is 190 Å². The fraction of sp³-hybridized carbons (Fsp3) is 0.417. The molecule has 3 aromatic rings. The molecule has 1 aliphatic carbocycles. The van der Waals surface area contributed by atoms with E-state index in [0.29, 0.717) is 13.1 Å². The highest BCUT2D eigenvalue weighted by Gasteiger charge is 2.29. The van der Waals surface area contributed by atoms with Gasteiger partial charge in [-0.25, -0.2) is 4.98 Å². The zero-order valence-electron chi connectivity index (χ0n) is 17.9. The number of aryl methyl sites for hydroxylation is 3. The van der Waals surface area contributed by atoms with Gasteiger partial charge in [-0.3, -0.25) is 19.0 Å². The van der Waals surface area contributed by atoms with Crippen LogP contribution < -0.4 is 10.9 Å². The number of rotatable bonds is 4. The zero-order valence-corrected chi connectivity index (χ0v) is 18.7. The van der Waals surface area contributed by atoms with Gasteiger partial charge in [0.15, 0.2) is 0 Å². The minimum atomic E-state index is -0.299. The second-order valence-corrected chi connectivity index (χ2v) is 9.54. The second-order valence-electron chi connectivity index (χ2n) is 8.45. The molecule has 3 heterocycles. The molecule has 5 rings (SSSR count). The lowest BCUT2D eigenvalue weighted by molar-refractivity contribution is -0.134. The van der Waals surface area contributed by atoms with Crippen molar-refractivity contribution < 1.29 is 9.59 Å². The summed E-state index contributed by atoms with van der Waals surface area (Å²) in [7, 11) is 0. The molecule has 166 valence electrons. The SMILES string of the molecule is O=C1CC(c2ccccc2)N(C(=O)CCn2cnc3sc4c(c3c2=O)CCCC4)CCN1. The van der Waals surface area contributed by atoms with Gasteiger partial charge >= 0.3 is 0 Å². The summed E-state index contributed by atoms with van der Waals surface area (Å²) in [5.41, 5.74) is 2.06. The third-order valence-corrected chi connectivity index (χ3v) is 7.64. The van der Waals surface area contributed by atoms with E-state index >= 15 is 0 Å². The number of fused-ring (bicyclic) bond motifs is 3. The maximum absolute atomic E-state index is 13.2. The van der Waals surface area contributed by atoms with Crippen LogP contribution in [-0.2, 0) is 29.0 Å². The lowest BCUT2D eigenvalue weighted by atomic mass is 9.97. The maximum Gasteiger partial charge on any atom is 0.262 e. The van der Waals surface area contributed by atoms with Gasteiger partial charge in [0.2, 0.25) is 11.8 Å². The van der Waals surface area contributed by atoms with Crippen molar-refractivity contribution in [1.29, 1.82) is 0 Å². The third kappa shape index (κ3) is 3.95. The van der Waals surface area contributed by atoms with Crippen LogP contribution in [0.4, 0.5) is 0 Å². The Morgan fingerprint density at radius 3 is 2.81 bits per heavy atom. The van der Waals surface area contributed by atoms with E-state index in [-0.39, 0.29) is 42.8 Å². The van der Waals surface area contributed by atoms with E-state index in [1.807, 2.05) is 30.3 Å². The molecule has 1 aromatic carbocycles. The first-order valence-electron chi connectivity index (χ1n) is 11.2. The molecule has 1 saturated heterocycles. The number of aromatic nitrogens is 2. The first-order valence-corrected chi connectivity index (χ1v) is 12.0. The number of nitrogens with one attached hydrogen (secondary N) is 1. The summed E-state index contributed by atoms with van der Waals surface area (Å²) < 4.78 is 1.57. The van der Waals surface area contributed by atoms with Crippen LogP contribution in [0.1, 0.15) is 47.7 Å². The van der Waals surface area contributed by atoms with Gasteiger partial charge in [-0.1, -0.05) is 30.3 Å². The molecule has 7 nitrogen and oxygen atoms in total. The van der Waals surface area contributed by atoms with Crippen LogP contribution in [0.25, 0.3) is 10.2 Å². The van der Waals surface area contributed by atoms with E-state index in [2.05, 4.69) is 10.3 Å². The standard InChI is InChI=1S/C24H26N4O3S/c29-20-14-18(16-6-2-1-3-7-16)28(13-11-25-20)21(30)10-12-27-15-26-23-22(24(27)31)17-8-4-5-9-19(17)32-23/h1-3,6-7,15,18H,4-5,8-14H2,(H,25,29). The summed E-state index contributed by atoms with van der Waals surface area (Å²) >= 11 is 1.63. The quantitative estimate of drug-likeness (QED) is 0.663. The minimum Gasteiger partial charge on any atom is -0.354 e. The van der Waals surface area contributed by atoms with Gasteiger partial charge in [-0.15, -0.1) is 11.3 Å². The average molecular weight is 451 g/mol. The van der Waals surface area contributed by atoms with Gasteiger partial charge in [-0.2, -0.15) is 0 Å². The molecule has 8 heteroatoms. The van der Waals surface area contributed by atoms with Crippen LogP contribution in [0.3, 0.4) is 0 Å². The average Bonchev–Trinajstić information content (AvgIpc) is 3.08. The van der Waals surface area contributed by atoms with E-state index in [9.17, 15) is 14.4 Å². The monoisotopic (exact) mass is 450 g/mol. The molecule has 32 heavy (non-hydrogen) atoms. The molecule has 0 spiro atoms. The number of thiophene rings is 1. The molecular formula is C24H26N4O3S. The Bertz CT molecular complexity index is 1220. The fourth-order valence-corrected chi connectivity index (χ4v) is 6.02.